The zero-order chi connectivity index (χ0) is 17.9. The average molecular weight is 386 g/mol. The van der Waals surface area contributed by atoms with Gasteiger partial charge in [0.1, 0.15) is 0 Å². The van der Waals surface area contributed by atoms with E-state index in [1.54, 1.807) is 0 Å². The summed E-state index contributed by atoms with van der Waals surface area (Å²) < 4.78 is 55.6. The Balaban J connectivity index is 1.57. The molecule has 0 spiro atoms. The Hall–Kier alpha value is 0.220. The molecule has 10 heteroatoms. The van der Waals surface area contributed by atoms with Crippen molar-refractivity contribution in [3.05, 3.63) is 0 Å². The van der Waals surface area contributed by atoms with Crippen molar-refractivity contribution in [3.63, 3.8) is 0 Å². The molecule has 0 saturated carbocycles. The van der Waals surface area contributed by atoms with Gasteiger partial charge in [-0.2, -0.15) is 0 Å². The molecule has 2 rings (SSSR count). The molecule has 0 aromatic rings. The predicted molar refractivity (Wildman–Crippen MR) is 87.7 cm³/mol. The highest BCUT2D eigenvalue weighted by molar-refractivity contribution is 7.48. The van der Waals surface area contributed by atoms with Crippen molar-refractivity contribution in [1.29, 1.82) is 0 Å². The molecule has 2 aliphatic rings. The van der Waals surface area contributed by atoms with E-state index in [1.165, 1.54) is 0 Å². The Labute approximate surface area is 143 Å². The molecule has 2 fully saturated rings. The molecule has 24 heavy (non-hydrogen) atoms. The van der Waals surface area contributed by atoms with Gasteiger partial charge in [-0.3, -0.25) is 27.1 Å². The molecule has 0 aliphatic carbocycles. The van der Waals surface area contributed by atoms with Crippen LogP contribution < -0.4 is 0 Å². The van der Waals surface area contributed by atoms with E-state index in [2.05, 4.69) is 0 Å². The van der Waals surface area contributed by atoms with Gasteiger partial charge >= 0.3 is 15.6 Å². The van der Waals surface area contributed by atoms with Crippen LogP contribution in [0.15, 0.2) is 0 Å². The Kier molecular flexibility index (Phi) is 6.71. The minimum atomic E-state index is -3.44. The summed E-state index contributed by atoms with van der Waals surface area (Å²) >= 11 is 0. The fraction of sp³-hybridized carbons (Fsp3) is 1.00. The van der Waals surface area contributed by atoms with E-state index >= 15 is 0 Å². The van der Waals surface area contributed by atoms with Gasteiger partial charge in [-0.05, 0) is 12.8 Å². The van der Waals surface area contributed by atoms with Gasteiger partial charge in [0, 0.05) is 10.8 Å². The van der Waals surface area contributed by atoms with Crippen LogP contribution >= 0.6 is 15.6 Å². The summed E-state index contributed by atoms with van der Waals surface area (Å²) in [5.74, 6) is 0. The molecule has 0 aromatic heterocycles. The van der Waals surface area contributed by atoms with Crippen LogP contribution in [-0.4, -0.2) is 39.6 Å². The average Bonchev–Trinajstić information content (AvgIpc) is 2.50. The third kappa shape index (κ3) is 6.50. The summed E-state index contributed by atoms with van der Waals surface area (Å²) in [6.07, 6.45) is 1.12. The number of unbranched alkanes of at least 4 members (excludes halogenated alkanes) is 1. The molecule has 8 nitrogen and oxygen atoms in total. The van der Waals surface area contributed by atoms with Gasteiger partial charge in [0.25, 0.3) is 0 Å². The van der Waals surface area contributed by atoms with Crippen molar-refractivity contribution in [1.82, 2.24) is 0 Å². The predicted octanol–water partition coefficient (Wildman–Crippen LogP) is 4.16. The fourth-order valence-corrected chi connectivity index (χ4v) is 5.06. The second-order valence-corrected chi connectivity index (χ2v) is 11.0. The lowest BCUT2D eigenvalue weighted by molar-refractivity contribution is -0.00302. The van der Waals surface area contributed by atoms with Gasteiger partial charge in [-0.25, -0.2) is 9.13 Å². The molecule has 0 atom stereocenters. The second kappa shape index (κ2) is 7.85. The largest absolute Gasteiger partial charge is 0.474 e. The van der Waals surface area contributed by atoms with Crippen molar-refractivity contribution in [2.45, 2.75) is 40.5 Å². The van der Waals surface area contributed by atoms with Gasteiger partial charge in [-0.1, -0.05) is 27.7 Å². The van der Waals surface area contributed by atoms with Gasteiger partial charge in [-0.15, -0.1) is 0 Å². The first-order valence-electron chi connectivity index (χ1n) is 8.11. The number of hydrogen-bond acceptors (Lipinski definition) is 8. The van der Waals surface area contributed by atoms with Crippen molar-refractivity contribution in [2.75, 3.05) is 39.6 Å². The van der Waals surface area contributed by atoms with Crippen molar-refractivity contribution in [2.24, 2.45) is 10.8 Å². The quantitative estimate of drug-likeness (QED) is 0.476. The van der Waals surface area contributed by atoms with Crippen LogP contribution in [0.25, 0.3) is 0 Å². The van der Waals surface area contributed by atoms with Crippen LogP contribution in [0.1, 0.15) is 40.5 Å². The molecule has 2 heterocycles. The van der Waals surface area contributed by atoms with Crippen molar-refractivity contribution >= 4 is 15.6 Å². The summed E-state index contributed by atoms with van der Waals surface area (Å²) in [6, 6.07) is 0. The molecular weight excluding hydrogens is 358 g/mol. The molecule has 0 aromatic carbocycles. The van der Waals surface area contributed by atoms with E-state index in [0.717, 1.165) is 0 Å². The summed E-state index contributed by atoms with van der Waals surface area (Å²) in [6.45, 7) is 9.61. The van der Waals surface area contributed by atoms with E-state index < -0.39 is 15.6 Å². The Bertz CT molecular complexity index is 445. The van der Waals surface area contributed by atoms with E-state index in [1.807, 2.05) is 27.7 Å². The van der Waals surface area contributed by atoms with Gasteiger partial charge in [0.15, 0.2) is 0 Å². The van der Waals surface area contributed by atoms with Gasteiger partial charge < -0.3 is 0 Å². The molecule has 0 amide bonds. The lowest BCUT2D eigenvalue weighted by Crippen LogP contribution is -2.30. The molecule has 2 aliphatic heterocycles. The zero-order valence-corrected chi connectivity index (χ0v) is 16.6. The maximum atomic E-state index is 12.1. The highest BCUT2D eigenvalue weighted by Gasteiger charge is 2.39. The molecule has 0 unspecified atom stereocenters. The first kappa shape index (κ1) is 20.5. The van der Waals surface area contributed by atoms with Gasteiger partial charge in [0.05, 0.1) is 39.6 Å². The van der Waals surface area contributed by atoms with Crippen LogP contribution in [-0.2, 0) is 36.3 Å². The Morgan fingerprint density at radius 3 is 1.29 bits per heavy atom. The summed E-state index contributed by atoms with van der Waals surface area (Å²) in [7, 11) is -6.88. The van der Waals surface area contributed by atoms with Crippen LogP contribution in [0.5, 0.6) is 0 Å². The highest BCUT2D eigenvalue weighted by Crippen LogP contribution is 2.55. The SMILES string of the molecule is CC1(C)COP(=O)(OCCCCOP2(=O)OCC(C)(C)CO2)OC1. The molecule has 0 N–H and O–H groups in total. The van der Waals surface area contributed by atoms with E-state index in [-0.39, 0.29) is 24.0 Å². The van der Waals surface area contributed by atoms with Crippen LogP contribution in [0.4, 0.5) is 0 Å². The van der Waals surface area contributed by atoms with E-state index in [0.29, 0.717) is 39.3 Å². The summed E-state index contributed by atoms with van der Waals surface area (Å²) in [4.78, 5) is 0. The van der Waals surface area contributed by atoms with E-state index in [9.17, 15) is 9.13 Å². The molecule has 142 valence electrons. The highest BCUT2D eigenvalue weighted by atomic mass is 31.2. The van der Waals surface area contributed by atoms with Gasteiger partial charge in [0.2, 0.25) is 0 Å². The Morgan fingerprint density at radius 2 is 1.00 bits per heavy atom. The summed E-state index contributed by atoms with van der Waals surface area (Å²) in [5.41, 5.74) is -0.322. The molecular formula is C14H28O8P2. The first-order valence-corrected chi connectivity index (χ1v) is 11.0. The minimum absolute atomic E-state index is 0.161. The lowest BCUT2D eigenvalue weighted by atomic mass is 9.97. The van der Waals surface area contributed by atoms with Crippen LogP contribution in [0, 0.1) is 10.8 Å². The molecule has 0 bridgehead atoms. The maximum absolute atomic E-state index is 12.1. The monoisotopic (exact) mass is 386 g/mol. The zero-order valence-electron chi connectivity index (χ0n) is 14.8. The topological polar surface area (TPSA) is 89.5 Å². The number of phosphoric acid groups is 2. The summed E-state index contributed by atoms with van der Waals surface area (Å²) in [5, 5.41) is 0. The third-order valence-corrected chi connectivity index (χ3v) is 6.27. The molecule has 0 radical (unpaired) electrons. The lowest BCUT2D eigenvalue weighted by Gasteiger charge is -2.33. The van der Waals surface area contributed by atoms with E-state index in [4.69, 9.17) is 27.1 Å². The third-order valence-electron chi connectivity index (χ3n) is 3.49. The van der Waals surface area contributed by atoms with Crippen LogP contribution in [0.3, 0.4) is 0 Å². The first-order chi connectivity index (χ1) is 11.0. The minimum Gasteiger partial charge on any atom is -0.287 e. The normalized spacial score (nSPS) is 27.7. The number of phosphoric ester groups is 2. The number of rotatable bonds is 7. The van der Waals surface area contributed by atoms with Crippen molar-refractivity contribution < 1.29 is 36.3 Å². The van der Waals surface area contributed by atoms with Crippen LogP contribution in [0.2, 0.25) is 0 Å². The number of hydrogen-bond donors (Lipinski definition) is 0. The smallest absolute Gasteiger partial charge is 0.287 e. The second-order valence-electron chi connectivity index (χ2n) is 7.69. The van der Waals surface area contributed by atoms with Crippen molar-refractivity contribution in [3.8, 4) is 0 Å². The maximum Gasteiger partial charge on any atom is 0.474 e. The Morgan fingerprint density at radius 1 is 0.708 bits per heavy atom. The standard InChI is InChI=1S/C14H28O8P2/c1-13(2)9-19-23(15,20-10-13)17-7-5-6-8-18-24(16)21-11-14(3,4)12-22-24/h5-12H2,1-4H3. The fourth-order valence-electron chi connectivity index (χ4n) is 1.88. The molecule has 2 saturated heterocycles.